The molecule has 3 nitrogen and oxygen atoms in total. The lowest BCUT2D eigenvalue weighted by molar-refractivity contribution is -0.253. The molecule has 0 radical (unpaired) electrons. The number of hydrogen-bond donors (Lipinski definition) is 1. The zero-order valence-corrected chi connectivity index (χ0v) is 8.40. The van der Waals surface area contributed by atoms with Crippen LogP contribution < -0.4 is 0 Å². The number of carbonyl (C=O) groups excluding carboxylic acids is 1. The lowest BCUT2D eigenvalue weighted by Crippen LogP contribution is -2.48. The first-order chi connectivity index (χ1) is 7.45. The first-order valence-electron chi connectivity index (χ1n) is 4.58. The summed E-state index contributed by atoms with van der Waals surface area (Å²) in [5, 5.41) is 9.15. The normalized spacial score (nSPS) is 26.4. The van der Waals surface area contributed by atoms with Crippen LogP contribution in [0, 0.1) is 0 Å². The lowest BCUT2D eigenvalue weighted by atomic mass is 10.0. The van der Waals surface area contributed by atoms with Crippen LogP contribution in [0.5, 0.6) is 0 Å². The first kappa shape index (κ1) is 14.1. The molecule has 0 aromatic rings. The molecule has 17 heavy (non-hydrogen) atoms. The summed E-state index contributed by atoms with van der Waals surface area (Å²) in [7, 11) is 0. The van der Waals surface area contributed by atoms with Crippen molar-refractivity contribution in [2.24, 2.45) is 0 Å². The maximum absolute atomic E-state index is 12.3. The van der Waals surface area contributed by atoms with Crippen LogP contribution in [0.1, 0.15) is 12.8 Å². The van der Waals surface area contributed by atoms with Gasteiger partial charge >= 0.3 is 12.4 Å². The maximum atomic E-state index is 12.3. The second kappa shape index (κ2) is 4.04. The summed E-state index contributed by atoms with van der Waals surface area (Å²) in [4.78, 5) is 11.4. The van der Waals surface area contributed by atoms with Crippen molar-refractivity contribution in [1.82, 2.24) is 4.90 Å². The highest BCUT2D eigenvalue weighted by atomic mass is 19.4. The molecule has 0 saturated carbocycles. The van der Waals surface area contributed by atoms with Gasteiger partial charge in [0.2, 0.25) is 5.91 Å². The molecule has 1 aliphatic rings. The third-order valence-corrected chi connectivity index (χ3v) is 2.48. The molecule has 0 aliphatic carbocycles. The minimum absolute atomic E-state index is 0.376. The van der Waals surface area contributed by atoms with E-state index in [0.717, 1.165) is 0 Å². The molecule has 1 saturated heterocycles. The SMILES string of the molecule is O=C(CC(F)(F)F)N1CCC(O)(C(F)(F)F)C1. The molecule has 1 heterocycles. The second-order valence-electron chi connectivity index (χ2n) is 3.89. The fraction of sp³-hybridized carbons (Fsp3) is 0.875. The van der Waals surface area contributed by atoms with E-state index >= 15 is 0 Å². The van der Waals surface area contributed by atoms with Crippen molar-refractivity contribution in [2.45, 2.75) is 30.8 Å². The standard InChI is InChI=1S/C8H9F6NO2/c9-7(10,11)3-5(16)15-2-1-6(17,4-15)8(12,13)14/h17H,1-4H2. The highest BCUT2D eigenvalue weighted by Crippen LogP contribution is 2.38. The Morgan fingerprint density at radius 3 is 2.12 bits per heavy atom. The van der Waals surface area contributed by atoms with Crippen LogP contribution in [-0.2, 0) is 4.79 Å². The van der Waals surface area contributed by atoms with Crippen LogP contribution in [0.3, 0.4) is 0 Å². The molecule has 0 bridgehead atoms. The number of rotatable bonds is 1. The second-order valence-corrected chi connectivity index (χ2v) is 3.89. The van der Waals surface area contributed by atoms with Gasteiger partial charge in [-0.25, -0.2) is 0 Å². The molecule has 1 amide bonds. The Hall–Kier alpha value is -0.990. The van der Waals surface area contributed by atoms with Crippen molar-refractivity contribution < 1.29 is 36.2 Å². The van der Waals surface area contributed by atoms with Crippen LogP contribution >= 0.6 is 0 Å². The number of hydrogen-bond acceptors (Lipinski definition) is 2. The molecule has 0 spiro atoms. The topological polar surface area (TPSA) is 40.5 Å². The first-order valence-corrected chi connectivity index (χ1v) is 4.58. The Balaban J connectivity index is 2.65. The van der Waals surface area contributed by atoms with E-state index in [4.69, 9.17) is 5.11 Å². The number of nitrogens with zero attached hydrogens (tertiary/aromatic N) is 1. The molecule has 9 heteroatoms. The van der Waals surface area contributed by atoms with Crippen LogP contribution in [0.25, 0.3) is 0 Å². The van der Waals surface area contributed by atoms with E-state index in [-0.39, 0.29) is 0 Å². The average Bonchev–Trinajstić information content (AvgIpc) is 2.44. The van der Waals surface area contributed by atoms with E-state index in [1.165, 1.54) is 0 Å². The molecule has 1 fully saturated rings. The maximum Gasteiger partial charge on any atom is 0.419 e. The quantitative estimate of drug-likeness (QED) is 0.729. The predicted molar refractivity (Wildman–Crippen MR) is 42.9 cm³/mol. The zero-order chi connectivity index (χ0) is 13.5. The summed E-state index contributed by atoms with van der Waals surface area (Å²) in [5.41, 5.74) is -3.10. The number of β-amino-alcohol motifs (C(OH)–C–C–N with tert-alkyl or cyclic N) is 1. The average molecular weight is 265 g/mol. The molecule has 1 atom stereocenters. The fourth-order valence-electron chi connectivity index (χ4n) is 1.52. The Kier molecular flexibility index (Phi) is 3.34. The van der Waals surface area contributed by atoms with Crippen molar-refractivity contribution in [3.63, 3.8) is 0 Å². The predicted octanol–water partition coefficient (Wildman–Crippen LogP) is 1.46. The van der Waals surface area contributed by atoms with E-state index < -0.39 is 49.8 Å². The largest absolute Gasteiger partial charge is 0.419 e. The molecule has 1 aliphatic heterocycles. The van der Waals surface area contributed by atoms with Gasteiger partial charge in [-0.15, -0.1) is 0 Å². The summed E-state index contributed by atoms with van der Waals surface area (Å²) in [6.45, 7) is -1.68. The van der Waals surface area contributed by atoms with Gasteiger partial charge in [0.25, 0.3) is 0 Å². The van der Waals surface area contributed by atoms with Gasteiger partial charge < -0.3 is 10.0 Å². The number of likely N-dealkylation sites (tertiary alicyclic amines) is 1. The Bertz CT molecular complexity index is 312. The van der Waals surface area contributed by atoms with Gasteiger partial charge in [-0.3, -0.25) is 4.79 Å². The summed E-state index contributed by atoms with van der Waals surface area (Å²) in [6.07, 6.45) is -12.3. The highest BCUT2D eigenvalue weighted by Gasteiger charge is 2.58. The highest BCUT2D eigenvalue weighted by molar-refractivity contribution is 5.77. The minimum atomic E-state index is -4.96. The van der Waals surface area contributed by atoms with E-state index in [0.29, 0.717) is 4.90 Å². The Morgan fingerprint density at radius 1 is 1.24 bits per heavy atom. The molecular formula is C8H9F6NO2. The van der Waals surface area contributed by atoms with Crippen molar-refractivity contribution in [2.75, 3.05) is 13.1 Å². The molecule has 100 valence electrons. The molecule has 0 aromatic carbocycles. The van der Waals surface area contributed by atoms with Crippen molar-refractivity contribution in [3.8, 4) is 0 Å². The molecule has 1 N–H and O–H groups in total. The van der Waals surface area contributed by atoms with Crippen molar-refractivity contribution >= 4 is 5.91 Å². The van der Waals surface area contributed by atoms with Gasteiger partial charge in [0.1, 0.15) is 6.42 Å². The number of aliphatic hydroxyl groups is 1. The van der Waals surface area contributed by atoms with Crippen LogP contribution in [0.2, 0.25) is 0 Å². The van der Waals surface area contributed by atoms with E-state index in [1.54, 1.807) is 0 Å². The van der Waals surface area contributed by atoms with Gasteiger partial charge in [-0.05, 0) is 0 Å². The van der Waals surface area contributed by atoms with Gasteiger partial charge in [-0.2, -0.15) is 26.3 Å². The van der Waals surface area contributed by atoms with Gasteiger partial charge in [-0.1, -0.05) is 0 Å². The fourth-order valence-corrected chi connectivity index (χ4v) is 1.52. The van der Waals surface area contributed by atoms with E-state index in [1.807, 2.05) is 0 Å². The van der Waals surface area contributed by atoms with E-state index in [2.05, 4.69) is 0 Å². The van der Waals surface area contributed by atoms with Gasteiger partial charge in [0, 0.05) is 13.0 Å². The minimum Gasteiger partial charge on any atom is -0.379 e. The summed E-state index contributed by atoms with van der Waals surface area (Å²) >= 11 is 0. The van der Waals surface area contributed by atoms with Gasteiger partial charge in [0.05, 0.1) is 6.54 Å². The van der Waals surface area contributed by atoms with Crippen molar-refractivity contribution in [1.29, 1.82) is 0 Å². The third-order valence-electron chi connectivity index (χ3n) is 2.48. The number of halogens is 6. The lowest BCUT2D eigenvalue weighted by Gasteiger charge is -2.26. The van der Waals surface area contributed by atoms with Crippen LogP contribution in [0.4, 0.5) is 26.3 Å². The number of amides is 1. The van der Waals surface area contributed by atoms with Crippen LogP contribution in [0.15, 0.2) is 0 Å². The monoisotopic (exact) mass is 265 g/mol. The molecule has 1 unspecified atom stereocenters. The Labute approximate surface area is 92.0 Å². The Morgan fingerprint density at radius 2 is 1.76 bits per heavy atom. The van der Waals surface area contributed by atoms with Crippen molar-refractivity contribution in [3.05, 3.63) is 0 Å². The van der Waals surface area contributed by atoms with Crippen LogP contribution in [-0.4, -0.2) is 47.0 Å². The molecule has 1 rings (SSSR count). The molecule has 0 aromatic heterocycles. The van der Waals surface area contributed by atoms with Gasteiger partial charge in [0.15, 0.2) is 5.60 Å². The molecular weight excluding hydrogens is 256 g/mol. The summed E-state index contributed by atoms with van der Waals surface area (Å²) < 4.78 is 72.5. The third kappa shape index (κ3) is 3.24. The summed E-state index contributed by atoms with van der Waals surface area (Å²) in [5.74, 6) is -1.46. The number of carbonyl (C=O) groups is 1. The zero-order valence-electron chi connectivity index (χ0n) is 8.40. The van der Waals surface area contributed by atoms with E-state index in [9.17, 15) is 31.1 Å². The number of alkyl halides is 6. The summed E-state index contributed by atoms with van der Waals surface area (Å²) in [6, 6.07) is 0. The smallest absolute Gasteiger partial charge is 0.379 e.